The Bertz CT molecular complexity index is 852. The summed E-state index contributed by atoms with van der Waals surface area (Å²) < 4.78 is 31.6. The second-order valence-corrected chi connectivity index (χ2v) is 4.55. The standard InChI is InChI=1S/C16H10F2N2O2/c17-12-3-1-2-11(15(12)18)9-22-16(21)10-4-5-13-14(8-10)20-7-6-19-13/h1-8H,9H2. The van der Waals surface area contributed by atoms with E-state index >= 15 is 0 Å². The van der Waals surface area contributed by atoms with E-state index in [4.69, 9.17) is 4.74 Å². The van der Waals surface area contributed by atoms with E-state index in [0.717, 1.165) is 6.07 Å². The van der Waals surface area contributed by atoms with Crippen molar-refractivity contribution in [1.82, 2.24) is 9.97 Å². The van der Waals surface area contributed by atoms with Crippen molar-refractivity contribution in [1.29, 1.82) is 0 Å². The van der Waals surface area contributed by atoms with Gasteiger partial charge in [0.05, 0.1) is 16.6 Å². The molecule has 22 heavy (non-hydrogen) atoms. The summed E-state index contributed by atoms with van der Waals surface area (Å²) in [7, 11) is 0. The summed E-state index contributed by atoms with van der Waals surface area (Å²) in [4.78, 5) is 20.2. The molecular weight excluding hydrogens is 290 g/mol. The number of aromatic nitrogens is 2. The molecule has 110 valence electrons. The van der Waals surface area contributed by atoms with Crippen LogP contribution in [0.3, 0.4) is 0 Å². The van der Waals surface area contributed by atoms with Gasteiger partial charge in [0, 0.05) is 18.0 Å². The first-order valence-electron chi connectivity index (χ1n) is 6.46. The molecule has 1 heterocycles. The summed E-state index contributed by atoms with van der Waals surface area (Å²) in [5.74, 6) is -2.63. The van der Waals surface area contributed by atoms with Crippen molar-refractivity contribution in [2.75, 3.05) is 0 Å². The van der Waals surface area contributed by atoms with E-state index in [9.17, 15) is 13.6 Å². The van der Waals surface area contributed by atoms with E-state index < -0.39 is 17.6 Å². The fourth-order valence-corrected chi connectivity index (χ4v) is 1.98. The van der Waals surface area contributed by atoms with E-state index in [2.05, 4.69) is 9.97 Å². The van der Waals surface area contributed by atoms with E-state index in [-0.39, 0.29) is 17.7 Å². The maximum atomic E-state index is 13.5. The highest BCUT2D eigenvalue weighted by Crippen LogP contribution is 2.15. The van der Waals surface area contributed by atoms with Gasteiger partial charge in [0.15, 0.2) is 11.6 Å². The zero-order valence-electron chi connectivity index (χ0n) is 11.3. The van der Waals surface area contributed by atoms with Gasteiger partial charge in [-0.2, -0.15) is 0 Å². The lowest BCUT2D eigenvalue weighted by molar-refractivity contribution is 0.0468. The first-order valence-corrected chi connectivity index (χ1v) is 6.46. The Morgan fingerprint density at radius 2 is 1.82 bits per heavy atom. The molecule has 3 aromatic rings. The number of nitrogens with zero attached hydrogens (tertiary/aromatic N) is 2. The van der Waals surface area contributed by atoms with Crippen LogP contribution in [0.1, 0.15) is 15.9 Å². The third-order valence-electron chi connectivity index (χ3n) is 3.10. The fraction of sp³-hybridized carbons (Fsp3) is 0.0625. The number of carbonyl (C=O) groups is 1. The van der Waals surface area contributed by atoms with Crippen molar-refractivity contribution in [3.8, 4) is 0 Å². The van der Waals surface area contributed by atoms with Gasteiger partial charge in [-0.25, -0.2) is 13.6 Å². The molecule has 6 heteroatoms. The molecule has 0 N–H and O–H groups in total. The maximum absolute atomic E-state index is 13.5. The number of hydrogen-bond acceptors (Lipinski definition) is 4. The Labute approximate surface area is 124 Å². The molecule has 0 aliphatic rings. The molecular formula is C16H10F2N2O2. The smallest absolute Gasteiger partial charge is 0.338 e. The molecule has 0 saturated heterocycles. The average Bonchev–Trinajstić information content (AvgIpc) is 2.55. The predicted molar refractivity (Wildman–Crippen MR) is 75.0 cm³/mol. The van der Waals surface area contributed by atoms with Crippen LogP contribution in [0.2, 0.25) is 0 Å². The van der Waals surface area contributed by atoms with Gasteiger partial charge in [-0.1, -0.05) is 12.1 Å². The lowest BCUT2D eigenvalue weighted by Gasteiger charge is -2.07. The molecule has 1 aromatic heterocycles. The average molecular weight is 300 g/mol. The lowest BCUT2D eigenvalue weighted by atomic mass is 10.2. The normalized spacial score (nSPS) is 10.6. The van der Waals surface area contributed by atoms with Crippen LogP contribution in [0.15, 0.2) is 48.8 Å². The molecule has 0 saturated carbocycles. The Hall–Kier alpha value is -2.89. The number of benzene rings is 2. The minimum atomic E-state index is -1.01. The van der Waals surface area contributed by atoms with E-state index in [1.807, 2.05) is 0 Å². The molecule has 4 nitrogen and oxygen atoms in total. The van der Waals surface area contributed by atoms with Crippen LogP contribution < -0.4 is 0 Å². The number of esters is 1. The van der Waals surface area contributed by atoms with Gasteiger partial charge in [-0.3, -0.25) is 9.97 Å². The summed E-state index contributed by atoms with van der Waals surface area (Å²) in [6, 6.07) is 8.43. The Morgan fingerprint density at radius 3 is 2.64 bits per heavy atom. The predicted octanol–water partition coefficient (Wildman–Crippen LogP) is 3.27. The van der Waals surface area contributed by atoms with Crippen LogP contribution >= 0.6 is 0 Å². The molecule has 0 radical (unpaired) electrons. The quantitative estimate of drug-likeness (QED) is 0.697. The van der Waals surface area contributed by atoms with Crippen LogP contribution in [-0.4, -0.2) is 15.9 Å². The first kappa shape index (κ1) is 14.1. The number of carbonyl (C=O) groups excluding carboxylic acids is 1. The first-order chi connectivity index (χ1) is 10.6. The Balaban J connectivity index is 1.77. The second-order valence-electron chi connectivity index (χ2n) is 4.55. The number of ether oxygens (including phenoxy) is 1. The van der Waals surface area contributed by atoms with Crippen LogP contribution in [0.5, 0.6) is 0 Å². The number of hydrogen-bond donors (Lipinski definition) is 0. The third-order valence-corrected chi connectivity index (χ3v) is 3.10. The molecule has 0 aliphatic heterocycles. The summed E-state index contributed by atoms with van der Waals surface area (Å²) in [5.41, 5.74) is 1.45. The number of rotatable bonds is 3. The van der Waals surface area contributed by atoms with Crippen molar-refractivity contribution in [2.24, 2.45) is 0 Å². The minimum Gasteiger partial charge on any atom is -0.457 e. The SMILES string of the molecule is O=C(OCc1cccc(F)c1F)c1ccc2nccnc2c1. The van der Waals surface area contributed by atoms with Crippen molar-refractivity contribution in [2.45, 2.75) is 6.61 Å². The lowest BCUT2D eigenvalue weighted by Crippen LogP contribution is -2.07. The van der Waals surface area contributed by atoms with Crippen LogP contribution in [0.25, 0.3) is 11.0 Å². The highest BCUT2D eigenvalue weighted by molar-refractivity contribution is 5.93. The summed E-state index contributed by atoms with van der Waals surface area (Å²) in [6.07, 6.45) is 3.06. The van der Waals surface area contributed by atoms with E-state index in [0.29, 0.717) is 11.0 Å². The highest BCUT2D eigenvalue weighted by Gasteiger charge is 2.12. The van der Waals surface area contributed by atoms with Gasteiger partial charge in [0.1, 0.15) is 6.61 Å². The Morgan fingerprint density at radius 1 is 1.05 bits per heavy atom. The van der Waals surface area contributed by atoms with E-state index in [1.54, 1.807) is 18.3 Å². The number of fused-ring (bicyclic) bond motifs is 1. The summed E-state index contributed by atoms with van der Waals surface area (Å²) in [6.45, 7) is -0.346. The van der Waals surface area contributed by atoms with Crippen molar-refractivity contribution in [3.05, 3.63) is 71.6 Å². The molecule has 0 spiro atoms. The molecule has 0 unspecified atom stereocenters. The zero-order valence-corrected chi connectivity index (χ0v) is 11.3. The molecule has 0 amide bonds. The van der Waals surface area contributed by atoms with Gasteiger partial charge in [0.2, 0.25) is 0 Å². The van der Waals surface area contributed by atoms with Crippen molar-refractivity contribution in [3.63, 3.8) is 0 Å². The zero-order chi connectivity index (χ0) is 15.5. The second kappa shape index (κ2) is 5.85. The highest BCUT2D eigenvalue weighted by atomic mass is 19.2. The van der Waals surface area contributed by atoms with Gasteiger partial charge in [0.25, 0.3) is 0 Å². The molecule has 3 rings (SSSR count). The largest absolute Gasteiger partial charge is 0.457 e. The van der Waals surface area contributed by atoms with Gasteiger partial charge in [-0.05, 0) is 24.3 Å². The maximum Gasteiger partial charge on any atom is 0.338 e. The van der Waals surface area contributed by atoms with Crippen LogP contribution in [-0.2, 0) is 11.3 Å². The molecule has 2 aromatic carbocycles. The van der Waals surface area contributed by atoms with Crippen LogP contribution in [0, 0.1) is 11.6 Å². The fourth-order valence-electron chi connectivity index (χ4n) is 1.98. The van der Waals surface area contributed by atoms with Crippen molar-refractivity contribution < 1.29 is 18.3 Å². The van der Waals surface area contributed by atoms with Gasteiger partial charge < -0.3 is 4.74 Å². The van der Waals surface area contributed by atoms with Gasteiger partial charge >= 0.3 is 5.97 Å². The molecule has 0 aliphatic carbocycles. The summed E-state index contributed by atoms with van der Waals surface area (Å²) in [5, 5.41) is 0. The molecule has 0 bridgehead atoms. The van der Waals surface area contributed by atoms with Crippen molar-refractivity contribution >= 4 is 17.0 Å². The topological polar surface area (TPSA) is 52.1 Å². The Kier molecular flexibility index (Phi) is 3.74. The minimum absolute atomic E-state index is 0.0195. The van der Waals surface area contributed by atoms with Gasteiger partial charge in [-0.15, -0.1) is 0 Å². The van der Waals surface area contributed by atoms with Crippen LogP contribution in [0.4, 0.5) is 8.78 Å². The molecule has 0 fully saturated rings. The monoisotopic (exact) mass is 300 g/mol. The molecule has 0 atom stereocenters. The van der Waals surface area contributed by atoms with E-state index in [1.165, 1.54) is 24.4 Å². The summed E-state index contributed by atoms with van der Waals surface area (Å²) >= 11 is 0. The third kappa shape index (κ3) is 2.76. The number of halogens is 2.